The number of hydrogen-bond acceptors (Lipinski definition) is 4. The molecule has 3 rings (SSSR count). The molecule has 25 heavy (non-hydrogen) atoms. The average Bonchev–Trinajstić information content (AvgIpc) is 2.65. The molecule has 1 unspecified atom stereocenters. The average molecular weight is 336 g/mol. The van der Waals surface area contributed by atoms with Crippen LogP contribution in [0.25, 0.3) is 0 Å². The number of hydrogen-bond donors (Lipinski definition) is 4. The van der Waals surface area contributed by atoms with Crippen molar-refractivity contribution in [1.29, 1.82) is 0 Å². The SMILES string of the molecule is OCC(O)c1ccccc1C(c1ccc(O)cc1)c1ccc(O)cc1. The van der Waals surface area contributed by atoms with Gasteiger partial charge in [-0.25, -0.2) is 0 Å². The Kier molecular flexibility index (Phi) is 5.03. The summed E-state index contributed by atoms with van der Waals surface area (Å²) in [6.45, 7) is -0.366. The van der Waals surface area contributed by atoms with Gasteiger partial charge in [-0.1, -0.05) is 48.5 Å². The van der Waals surface area contributed by atoms with Crippen molar-refractivity contribution < 1.29 is 20.4 Å². The molecule has 0 saturated heterocycles. The van der Waals surface area contributed by atoms with Crippen LogP contribution in [0.1, 0.15) is 34.3 Å². The Balaban J connectivity index is 2.18. The van der Waals surface area contributed by atoms with Crippen LogP contribution in [0, 0.1) is 0 Å². The van der Waals surface area contributed by atoms with E-state index in [1.807, 2.05) is 42.5 Å². The minimum Gasteiger partial charge on any atom is -0.508 e. The fourth-order valence-corrected chi connectivity index (χ4v) is 3.06. The van der Waals surface area contributed by atoms with E-state index in [1.165, 1.54) is 0 Å². The molecule has 1 atom stereocenters. The van der Waals surface area contributed by atoms with Crippen molar-refractivity contribution in [3.8, 4) is 11.5 Å². The third-order valence-electron chi connectivity index (χ3n) is 4.29. The maximum atomic E-state index is 10.2. The molecule has 4 nitrogen and oxygen atoms in total. The van der Waals surface area contributed by atoms with E-state index in [1.54, 1.807) is 30.3 Å². The van der Waals surface area contributed by atoms with Crippen molar-refractivity contribution in [2.75, 3.05) is 6.61 Å². The van der Waals surface area contributed by atoms with Crippen molar-refractivity contribution in [2.24, 2.45) is 0 Å². The molecule has 0 saturated carbocycles. The van der Waals surface area contributed by atoms with Gasteiger partial charge >= 0.3 is 0 Å². The van der Waals surface area contributed by atoms with Gasteiger partial charge in [0.15, 0.2) is 0 Å². The van der Waals surface area contributed by atoms with Crippen LogP contribution < -0.4 is 0 Å². The lowest BCUT2D eigenvalue weighted by atomic mass is 9.82. The van der Waals surface area contributed by atoms with Crippen LogP contribution in [-0.2, 0) is 0 Å². The molecule has 4 N–H and O–H groups in total. The number of phenols is 2. The molecule has 0 spiro atoms. The maximum Gasteiger partial charge on any atom is 0.115 e. The molecule has 0 aromatic heterocycles. The Morgan fingerprint density at radius 2 is 1.08 bits per heavy atom. The monoisotopic (exact) mass is 336 g/mol. The van der Waals surface area contributed by atoms with Crippen molar-refractivity contribution in [3.05, 3.63) is 95.1 Å². The summed E-state index contributed by atoms with van der Waals surface area (Å²) in [5, 5.41) is 38.8. The van der Waals surface area contributed by atoms with Crippen molar-refractivity contribution >= 4 is 0 Å². The molecule has 0 aliphatic rings. The normalized spacial score (nSPS) is 12.3. The van der Waals surface area contributed by atoms with Gasteiger partial charge in [0.2, 0.25) is 0 Å². The molecule has 0 fully saturated rings. The van der Waals surface area contributed by atoms with Crippen molar-refractivity contribution in [3.63, 3.8) is 0 Å². The van der Waals surface area contributed by atoms with Gasteiger partial charge in [-0.2, -0.15) is 0 Å². The van der Waals surface area contributed by atoms with Crippen LogP contribution >= 0.6 is 0 Å². The Hall–Kier alpha value is -2.82. The predicted molar refractivity (Wildman–Crippen MR) is 95.6 cm³/mol. The van der Waals surface area contributed by atoms with Crippen LogP contribution in [0.4, 0.5) is 0 Å². The minimum absolute atomic E-state index is 0.178. The van der Waals surface area contributed by atoms with Gasteiger partial charge in [-0.15, -0.1) is 0 Å². The molecular weight excluding hydrogens is 316 g/mol. The topological polar surface area (TPSA) is 80.9 Å². The fraction of sp³-hybridized carbons (Fsp3) is 0.143. The molecular formula is C21H20O4. The Morgan fingerprint density at radius 3 is 1.52 bits per heavy atom. The zero-order valence-corrected chi connectivity index (χ0v) is 13.6. The van der Waals surface area contributed by atoms with E-state index >= 15 is 0 Å². The Bertz CT molecular complexity index is 780. The molecule has 4 heteroatoms. The predicted octanol–water partition coefficient (Wildman–Crippen LogP) is 3.30. The van der Waals surface area contributed by atoms with Crippen LogP contribution in [0.5, 0.6) is 11.5 Å². The summed E-state index contributed by atoms with van der Waals surface area (Å²) in [4.78, 5) is 0. The first kappa shape index (κ1) is 17.0. The summed E-state index contributed by atoms with van der Waals surface area (Å²) in [5.41, 5.74) is 3.37. The lowest BCUT2D eigenvalue weighted by Gasteiger charge is -2.23. The van der Waals surface area contributed by atoms with Crippen LogP contribution in [0.3, 0.4) is 0 Å². The molecule has 128 valence electrons. The van der Waals surface area contributed by atoms with E-state index in [-0.39, 0.29) is 24.0 Å². The van der Waals surface area contributed by atoms with Crippen LogP contribution in [-0.4, -0.2) is 27.0 Å². The molecule has 3 aromatic carbocycles. The van der Waals surface area contributed by atoms with Crippen LogP contribution in [0.2, 0.25) is 0 Å². The van der Waals surface area contributed by atoms with Gasteiger partial charge in [-0.05, 0) is 46.5 Å². The number of benzene rings is 3. The van der Waals surface area contributed by atoms with Crippen LogP contribution in [0.15, 0.2) is 72.8 Å². The summed E-state index contributed by atoms with van der Waals surface area (Å²) in [6, 6.07) is 21.2. The van der Waals surface area contributed by atoms with E-state index in [4.69, 9.17) is 0 Å². The highest BCUT2D eigenvalue weighted by Gasteiger charge is 2.22. The smallest absolute Gasteiger partial charge is 0.115 e. The Labute approximate surface area is 146 Å². The largest absolute Gasteiger partial charge is 0.508 e. The zero-order chi connectivity index (χ0) is 17.8. The molecule has 0 aliphatic heterocycles. The van der Waals surface area contributed by atoms with Gasteiger partial charge < -0.3 is 20.4 Å². The molecule has 0 amide bonds. The highest BCUT2D eigenvalue weighted by molar-refractivity contribution is 5.48. The second kappa shape index (κ2) is 7.38. The third-order valence-corrected chi connectivity index (χ3v) is 4.29. The quantitative estimate of drug-likeness (QED) is 0.539. The van der Waals surface area contributed by atoms with Gasteiger partial charge in [0, 0.05) is 5.92 Å². The zero-order valence-electron chi connectivity index (χ0n) is 13.6. The lowest BCUT2D eigenvalue weighted by Crippen LogP contribution is -2.11. The highest BCUT2D eigenvalue weighted by Crippen LogP contribution is 2.37. The third kappa shape index (κ3) is 3.65. The van der Waals surface area contributed by atoms with E-state index in [9.17, 15) is 20.4 Å². The first-order valence-electron chi connectivity index (χ1n) is 8.05. The fourth-order valence-electron chi connectivity index (χ4n) is 3.06. The number of rotatable bonds is 5. The summed E-state index contributed by atoms with van der Waals surface area (Å²) < 4.78 is 0. The minimum atomic E-state index is -0.979. The van der Waals surface area contributed by atoms with E-state index < -0.39 is 6.10 Å². The summed E-state index contributed by atoms with van der Waals surface area (Å²) in [7, 11) is 0. The number of aliphatic hydroxyl groups excluding tert-OH is 2. The van der Waals surface area contributed by atoms with Crippen molar-refractivity contribution in [1.82, 2.24) is 0 Å². The summed E-state index contributed by atoms with van der Waals surface area (Å²) in [6.07, 6.45) is -0.979. The number of phenolic OH excluding ortho intramolecular Hbond substituents is 2. The molecule has 0 heterocycles. The molecule has 0 bridgehead atoms. The van der Waals surface area contributed by atoms with Gasteiger partial charge in [0.05, 0.1) is 6.61 Å². The second-order valence-electron chi connectivity index (χ2n) is 5.94. The van der Waals surface area contributed by atoms with Gasteiger partial charge in [-0.3, -0.25) is 0 Å². The van der Waals surface area contributed by atoms with E-state index in [0.29, 0.717) is 5.56 Å². The number of aliphatic hydroxyl groups is 2. The summed E-state index contributed by atoms with van der Waals surface area (Å²) >= 11 is 0. The van der Waals surface area contributed by atoms with Gasteiger partial charge in [0.1, 0.15) is 17.6 Å². The molecule has 3 aromatic rings. The Morgan fingerprint density at radius 1 is 0.640 bits per heavy atom. The highest BCUT2D eigenvalue weighted by atomic mass is 16.3. The molecule has 0 radical (unpaired) electrons. The lowest BCUT2D eigenvalue weighted by molar-refractivity contribution is 0.0948. The first-order chi connectivity index (χ1) is 12.1. The molecule has 0 aliphatic carbocycles. The summed E-state index contributed by atoms with van der Waals surface area (Å²) in [5.74, 6) is 0.146. The van der Waals surface area contributed by atoms with E-state index in [0.717, 1.165) is 16.7 Å². The second-order valence-corrected chi connectivity index (χ2v) is 5.94. The maximum absolute atomic E-state index is 10.2. The first-order valence-corrected chi connectivity index (χ1v) is 8.05. The van der Waals surface area contributed by atoms with Crippen molar-refractivity contribution in [2.45, 2.75) is 12.0 Å². The standard InChI is InChI=1S/C21H20O4/c22-13-20(25)18-3-1-2-4-19(18)21(14-5-9-16(23)10-6-14)15-7-11-17(24)12-8-15/h1-12,20-25H,13H2. The van der Waals surface area contributed by atoms with E-state index in [2.05, 4.69) is 0 Å². The van der Waals surface area contributed by atoms with Gasteiger partial charge in [0.25, 0.3) is 0 Å². The number of aromatic hydroxyl groups is 2.